The van der Waals surface area contributed by atoms with Gasteiger partial charge in [0.15, 0.2) is 17.3 Å². The van der Waals surface area contributed by atoms with Crippen LogP contribution < -0.4 is 24.8 Å². The van der Waals surface area contributed by atoms with Crippen molar-refractivity contribution in [2.75, 3.05) is 24.9 Å². The smallest absolute Gasteiger partial charge is 0.324 e. The average molecular weight is 520 g/mol. The number of methoxy groups -OCH3 is 1. The van der Waals surface area contributed by atoms with E-state index in [1.807, 2.05) is 0 Å². The number of urea groups is 1. The number of amides is 2. The number of allylic oxidation sites excluding steroid dienone is 4. The fraction of sp³-hybridized carbons (Fsp3) is 0.304. The number of fused-ring (bicyclic) bond motifs is 1. The SMILES string of the molecule is COc1cc2c(OC3=CC=C(NC(=O)Nc4cc(C)on4)C(Cl)C3)ncnc2cc1OCCCCl. The van der Waals surface area contributed by atoms with Crippen molar-refractivity contribution in [3.63, 3.8) is 0 Å². The molecule has 12 heteroatoms. The third kappa shape index (κ3) is 6.14. The van der Waals surface area contributed by atoms with Gasteiger partial charge in [0.2, 0.25) is 5.88 Å². The molecule has 0 radical (unpaired) electrons. The number of nitrogens with one attached hydrogen (secondary N) is 2. The monoisotopic (exact) mass is 519 g/mol. The molecule has 10 nitrogen and oxygen atoms in total. The van der Waals surface area contributed by atoms with Crippen LogP contribution in [-0.2, 0) is 0 Å². The van der Waals surface area contributed by atoms with E-state index in [1.54, 1.807) is 44.4 Å². The van der Waals surface area contributed by atoms with Crippen LogP contribution in [0.1, 0.15) is 18.6 Å². The van der Waals surface area contributed by atoms with Crippen LogP contribution in [-0.4, -0.2) is 46.1 Å². The molecule has 35 heavy (non-hydrogen) atoms. The summed E-state index contributed by atoms with van der Waals surface area (Å²) in [6.07, 6.45) is 5.85. The first-order chi connectivity index (χ1) is 17.0. The number of aromatic nitrogens is 3. The Kier molecular flexibility index (Phi) is 7.94. The molecule has 1 aromatic carbocycles. The molecule has 2 amide bonds. The molecule has 0 spiro atoms. The number of benzene rings is 1. The quantitative estimate of drug-likeness (QED) is 0.301. The summed E-state index contributed by atoms with van der Waals surface area (Å²) < 4.78 is 22.2. The first-order valence-corrected chi connectivity index (χ1v) is 11.7. The second kappa shape index (κ2) is 11.3. The summed E-state index contributed by atoms with van der Waals surface area (Å²) in [5.74, 6) is 3.40. The number of rotatable bonds is 9. The zero-order valence-corrected chi connectivity index (χ0v) is 20.5. The van der Waals surface area contributed by atoms with Crippen molar-refractivity contribution in [2.45, 2.75) is 25.1 Å². The molecule has 3 aromatic rings. The van der Waals surface area contributed by atoms with E-state index in [2.05, 4.69) is 25.8 Å². The van der Waals surface area contributed by atoms with Crippen LogP contribution in [0.2, 0.25) is 0 Å². The summed E-state index contributed by atoms with van der Waals surface area (Å²) >= 11 is 12.2. The summed E-state index contributed by atoms with van der Waals surface area (Å²) in [7, 11) is 1.56. The van der Waals surface area contributed by atoms with Crippen molar-refractivity contribution in [3.05, 3.63) is 53.9 Å². The van der Waals surface area contributed by atoms with Crippen molar-refractivity contribution in [1.82, 2.24) is 20.4 Å². The summed E-state index contributed by atoms with van der Waals surface area (Å²) in [6, 6.07) is 4.66. The van der Waals surface area contributed by atoms with Crippen LogP contribution in [0, 0.1) is 6.92 Å². The zero-order chi connectivity index (χ0) is 24.8. The minimum Gasteiger partial charge on any atom is -0.493 e. The maximum atomic E-state index is 12.2. The standard InChI is InChI=1S/C23H23Cl2N5O5/c1-13-8-21(30-35-13)29-23(31)28-17-5-4-14(9-16(17)25)34-22-15-10-19(32-2)20(33-7-3-6-24)11-18(15)26-12-27-22/h4-5,8,10-12,16H,3,6-7,9H2,1-2H3,(H2,28,29,30,31). The van der Waals surface area contributed by atoms with Crippen LogP contribution in [0.15, 0.2) is 52.7 Å². The fourth-order valence-electron chi connectivity index (χ4n) is 3.30. The third-order valence-corrected chi connectivity index (χ3v) is 5.60. The Morgan fingerprint density at radius 3 is 2.77 bits per heavy atom. The predicted octanol–water partition coefficient (Wildman–Crippen LogP) is 4.92. The number of alkyl halides is 2. The minimum absolute atomic E-state index is 0.306. The Balaban J connectivity index is 1.48. The van der Waals surface area contributed by atoms with Crippen LogP contribution in [0.5, 0.6) is 17.4 Å². The van der Waals surface area contributed by atoms with Crippen molar-refractivity contribution >= 4 is 46.0 Å². The van der Waals surface area contributed by atoms with Crippen LogP contribution in [0.3, 0.4) is 0 Å². The van der Waals surface area contributed by atoms with Gasteiger partial charge in [-0.05, 0) is 31.6 Å². The molecule has 2 aromatic heterocycles. The first kappa shape index (κ1) is 24.6. The zero-order valence-electron chi connectivity index (χ0n) is 19.0. The summed E-state index contributed by atoms with van der Waals surface area (Å²) in [5.41, 5.74) is 1.15. The highest BCUT2D eigenvalue weighted by molar-refractivity contribution is 6.22. The topological polar surface area (TPSA) is 121 Å². The van der Waals surface area contributed by atoms with Gasteiger partial charge in [0, 0.05) is 30.1 Å². The van der Waals surface area contributed by atoms with E-state index in [9.17, 15) is 4.79 Å². The fourth-order valence-corrected chi connectivity index (χ4v) is 3.68. The lowest BCUT2D eigenvalue weighted by atomic mass is 10.1. The second-order valence-electron chi connectivity index (χ2n) is 7.52. The lowest BCUT2D eigenvalue weighted by Crippen LogP contribution is -2.33. The number of hydrogen-bond donors (Lipinski definition) is 2. The average Bonchev–Trinajstić information content (AvgIpc) is 3.25. The van der Waals surface area contributed by atoms with E-state index in [-0.39, 0.29) is 0 Å². The molecule has 1 aliphatic carbocycles. The maximum absolute atomic E-state index is 12.2. The van der Waals surface area contributed by atoms with Gasteiger partial charge in [-0.25, -0.2) is 14.8 Å². The molecule has 0 bridgehead atoms. The van der Waals surface area contributed by atoms with Crippen LogP contribution >= 0.6 is 23.2 Å². The highest BCUT2D eigenvalue weighted by Crippen LogP contribution is 2.36. The van der Waals surface area contributed by atoms with E-state index in [4.69, 9.17) is 41.9 Å². The van der Waals surface area contributed by atoms with E-state index in [1.165, 1.54) is 6.33 Å². The van der Waals surface area contributed by atoms with Crippen molar-refractivity contribution in [2.24, 2.45) is 0 Å². The van der Waals surface area contributed by atoms with E-state index in [0.29, 0.717) is 76.6 Å². The molecule has 2 heterocycles. The Hall–Kier alpha value is -3.50. The van der Waals surface area contributed by atoms with Crippen molar-refractivity contribution in [3.8, 4) is 17.4 Å². The van der Waals surface area contributed by atoms with Gasteiger partial charge in [-0.2, -0.15) is 0 Å². The molecule has 0 saturated heterocycles. The molecular weight excluding hydrogens is 497 g/mol. The molecule has 1 atom stereocenters. The van der Waals surface area contributed by atoms with Gasteiger partial charge >= 0.3 is 6.03 Å². The summed E-state index contributed by atoms with van der Waals surface area (Å²) in [4.78, 5) is 20.8. The van der Waals surface area contributed by atoms with E-state index in [0.717, 1.165) is 0 Å². The van der Waals surface area contributed by atoms with Gasteiger partial charge in [0.25, 0.3) is 0 Å². The number of anilines is 1. The molecule has 1 unspecified atom stereocenters. The molecule has 1 aliphatic rings. The Morgan fingerprint density at radius 1 is 1.20 bits per heavy atom. The lowest BCUT2D eigenvalue weighted by molar-refractivity contribution is 0.253. The molecule has 2 N–H and O–H groups in total. The normalized spacial score (nSPS) is 15.3. The molecule has 184 valence electrons. The molecule has 4 rings (SSSR count). The van der Waals surface area contributed by atoms with Gasteiger partial charge in [0.1, 0.15) is 17.8 Å². The van der Waals surface area contributed by atoms with Crippen molar-refractivity contribution in [1.29, 1.82) is 0 Å². The van der Waals surface area contributed by atoms with E-state index >= 15 is 0 Å². The minimum atomic E-state index is -0.524. The Labute approximate surface area is 211 Å². The molecular formula is C23H23Cl2N5O5. The van der Waals surface area contributed by atoms with Gasteiger partial charge in [0.05, 0.1) is 30.0 Å². The highest BCUT2D eigenvalue weighted by Gasteiger charge is 2.22. The Morgan fingerprint density at radius 2 is 2.06 bits per heavy atom. The number of halogens is 2. The number of nitrogens with zero attached hydrogens (tertiary/aromatic N) is 3. The van der Waals surface area contributed by atoms with Crippen LogP contribution in [0.4, 0.5) is 10.6 Å². The number of aryl methyl sites for hydroxylation is 1. The summed E-state index contributed by atoms with van der Waals surface area (Å²) in [6.45, 7) is 2.19. The Bertz CT molecular complexity index is 1280. The highest BCUT2D eigenvalue weighted by atomic mass is 35.5. The first-order valence-electron chi connectivity index (χ1n) is 10.7. The predicted molar refractivity (Wildman–Crippen MR) is 131 cm³/mol. The second-order valence-corrected chi connectivity index (χ2v) is 8.43. The number of carbonyl (C=O) groups is 1. The van der Waals surface area contributed by atoms with Gasteiger partial charge in [-0.3, -0.25) is 5.32 Å². The third-order valence-electron chi connectivity index (χ3n) is 4.94. The number of ether oxygens (including phenoxy) is 3. The number of hydrogen-bond acceptors (Lipinski definition) is 8. The maximum Gasteiger partial charge on any atom is 0.324 e. The van der Waals surface area contributed by atoms with E-state index < -0.39 is 11.4 Å². The molecule has 0 fully saturated rings. The molecule has 0 saturated carbocycles. The summed E-state index contributed by atoms with van der Waals surface area (Å²) in [5, 5.41) is 9.14. The van der Waals surface area contributed by atoms with Gasteiger partial charge < -0.3 is 24.1 Å². The lowest BCUT2D eigenvalue weighted by Gasteiger charge is -2.21. The van der Waals surface area contributed by atoms with Crippen molar-refractivity contribution < 1.29 is 23.5 Å². The molecule has 0 aliphatic heterocycles. The largest absolute Gasteiger partial charge is 0.493 e. The van der Waals surface area contributed by atoms with Crippen LogP contribution in [0.25, 0.3) is 10.9 Å². The van der Waals surface area contributed by atoms with Gasteiger partial charge in [-0.1, -0.05) is 5.16 Å². The van der Waals surface area contributed by atoms with Gasteiger partial charge in [-0.15, -0.1) is 23.2 Å². The number of carbonyl (C=O) groups excluding carboxylic acids is 1.